The number of piperazine rings is 1. The molecular weight excluding hydrogens is 1530 g/mol. The summed E-state index contributed by atoms with van der Waals surface area (Å²) in [5, 5.41) is 12.7. The molecule has 0 saturated carbocycles. The lowest BCUT2D eigenvalue weighted by atomic mass is 9.77. The lowest BCUT2D eigenvalue weighted by Gasteiger charge is -2.47. The van der Waals surface area contributed by atoms with Crippen molar-refractivity contribution in [3.8, 4) is 28.8 Å². The number of benzene rings is 3. The molecule has 2 aromatic heterocycles. The van der Waals surface area contributed by atoms with Crippen LogP contribution in [0, 0.1) is 41.2 Å². The number of amides is 5. The average Bonchev–Trinajstić information content (AvgIpc) is 1.54. The van der Waals surface area contributed by atoms with Crippen LogP contribution < -0.4 is 36.1 Å². The number of carbonyl (C=O) groups is 7. The quantitative estimate of drug-likeness (QED) is 0.00602. The fourth-order valence-electron chi connectivity index (χ4n) is 13.8. The Hall–Kier alpha value is -9.71. The number of anilines is 1. The Labute approximate surface area is 636 Å². The van der Waals surface area contributed by atoms with Crippen LogP contribution in [0.15, 0.2) is 73.2 Å². The predicted octanol–water partition coefficient (Wildman–Crippen LogP) is 7.70. The number of hydrogen-bond donors (Lipinski definition) is 7. The van der Waals surface area contributed by atoms with Crippen LogP contribution in [-0.2, 0) is 81.8 Å². The first-order chi connectivity index (χ1) is 52.4. The molecule has 0 radical (unpaired) electrons. The number of rotatable bonds is 29. The van der Waals surface area contributed by atoms with Crippen molar-refractivity contribution in [1.29, 1.82) is 0 Å². The summed E-state index contributed by atoms with van der Waals surface area (Å²) in [5.74, 6) is -4.17. The lowest BCUT2D eigenvalue weighted by molar-refractivity contribution is -0.221. The molecule has 9 rings (SSSR count). The minimum Gasteiger partial charge on any atom is -0.467 e. The standard InChI is InChI=1S/C72H85F10N12O17P/c1-39-23-44(28-55(95)88-70(62(99)105-8)20-22-108-38-70)57(53(24-39)111-112(102,103)104)67(2,3)29-56(96)110-54(35-92(90-61(98)59(87-66(101)107-10)69(6,7)72(80,81)82)34-48-49(73)26-43(27-50(48)74)51-19-21-93(89-51)63(75)76)52(85-60(97)58(86-65(100)106-9)68(4,5)71(77,78)79)25-41-14-11-40(12-15-41)13-16-42-30-83-64(84-31-42)91-32-45-17-18-46(33-91)94(45)47-36-109-37-47/h11-12,14-15,19,21,23-24,26-27,30-31,45-47,52,54,58-59,63H,17-18,20,22,25,28-29,32-38H2,1-10H3,(H,85,97)(H,86,100)(H,87,101)(H,88,95)(H,90,98)(H2,102,103,104)/t45?,46?,52-,54-,58+,59+,70+/m0/s1. The van der Waals surface area contributed by atoms with Gasteiger partial charge in [-0.2, -0.15) is 40.2 Å². The van der Waals surface area contributed by atoms with E-state index in [1.54, 1.807) is 5.32 Å². The number of methoxy groups -OCH3 is 3. The van der Waals surface area contributed by atoms with Crippen LogP contribution in [-0.4, -0.2) is 209 Å². The number of nitrogens with one attached hydrogen (secondary N) is 5. The maximum absolute atomic E-state index is 16.9. The van der Waals surface area contributed by atoms with Crippen LogP contribution in [0.25, 0.3) is 11.3 Å². The second kappa shape index (κ2) is 34.7. The molecule has 5 amide bonds. The zero-order valence-electron chi connectivity index (χ0n) is 62.3. The summed E-state index contributed by atoms with van der Waals surface area (Å²) >= 11 is 0. The second-order valence-corrected chi connectivity index (χ2v) is 30.5. The van der Waals surface area contributed by atoms with Gasteiger partial charge in [0.1, 0.15) is 35.6 Å². The summed E-state index contributed by atoms with van der Waals surface area (Å²) in [4.78, 5) is 133. The number of hydrazine groups is 1. The third-order valence-electron chi connectivity index (χ3n) is 20.0. The van der Waals surface area contributed by atoms with Crippen LogP contribution in [0.1, 0.15) is 113 Å². The van der Waals surface area contributed by atoms with Gasteiger partial charge in [-0.3, -0.25) is 39.3 Å². The second-order valence-electron chi connectivity index (χ2n) is 29.3. The van der Waals surface area contributed by atoms with Crippen molar-refractivity contribution in [2.45, 2.75) is 166 Å². The van der Waals surface area contributed by atoms with Crippen molar-refractivity contribution in [3.63, 3.8) is 0 Å². The summed E-state index contributed by atoms with van der Waals surface area (Å²) in [6.45, 7) is 2.46. The monoisotopic (exact) mass is 1610 g/mol. The van der Waals surface area contributed by atoms with Gasteiger partial charge in [0.25, 0.3) is 5.91 Å². The third-order valence-corrected chi connectivity index (χ3v) is 20.5. The first kappa shape index (κ1) is 86.3. The Bertz CT molecular complexity index is 4360. The number of nitrogens with zero attached hydrogens (tertiary/aromatic N) is 7. The highest BCUT2D eigenvalue weighted by Gasteiger charge is 2.58. The van der Waals surface area contributed by atoms with E-state index in [0.29, 0.717) is 106 Å². The number of esters is 2. The van der Waals surface area contributed by atoms with E-state index in [2.05, 4.69) is 62.2 Å². The molecule has 4 aliphatic rings. The smallest absolute Gasteiger partial charge is 0.467 e. The van der Waals surface area contributed by atoms with Gasteiger partial charge >= 0.3 is 50.8 Å². The number of halogens is 10. The first-order valence-corrected chi connectivity index (χ1v) is 36.5. The number of phosphoric acid groups is 1. The van der Waals surface area contributed by atoms with Crippen molar-refractivity contribution >= 4 is 55.6 Å². The zero-order valence-corrected chi connectivity index (χ0v) is 63.2. The summed E-state index contributed by atoms with van der Waals surface area (Å²) in [7, 11) is -3.06. The molecule has 5 aromatic rings. The molecule has 29 nitrogen and oxygen atoms in total. The highest BCUT2D eigenvalue weighted by Crippen LogP contribution is 2.47. The van der Waals surface area contributed by atoms with Crippen LogP contribution in [0.3, 0.4) is 0 Å². The SMILES string of the molecule is COC(=O)N[C@H](C(=O)N[C@@H](Cc1ccc(C#Cc2cnc(N3CC4CCC(C3)N4C3COC3)nc2)cc1)[C@H](CN(Cc1c(F)cc(-c2ccn(C(F)F)n2)cc1F)NC(=O)[C@@H](NC(=O)OC)C(C)(C)C(F)(F)F)OC(=O)CC(C)(C)c1c(CC(=O)N[C@]2(C(=O)OC)CCOC2)cc(C)cc1OP(=O)(O)O)C(C)(C)C(F)(F)F. The summed E-state index contributed by atoms with van der Waals surface area (Å²) in [5.41, 5.74) is -9.55. The molecule has 40 heteroatoms. The third kappa shape index (κ3) is 20.6. The van der Waals surface area contributed by atoms with Crippen LogP contribution in [0.4, 0.5) is 59.4 Å². The number of aromatic nitrogens is 4. The van der Waals surface area contributed by atoms with Crippen molar-refractivity contribution < 1.29 is 125 Å². The van der Waals surface area contributed by atoms with Crippen molar-refractivity contribution in [2.75, 3.05) is 72.3 Å². The first-order valence-electron chi connectivity index (χ1n) is 34.9. The Morgan fingerprint density at radius 2 is 1.34 bits per heavy atom. The molecule has 610 valence electrons. The normalized spacial score (nSPS) is 18.8. The van der Waals surface area contributed by atoms with E-state index in [9.17, 15) is 47.1 Å². The topological polar surface area (TPSA) is 355 Å². The van der Waals surface area contributed by atoms with E-state index in [-0.39, 0.29) is 46.6 Å². The number of ether oxygens (including phenoxy) is 6. The van der Waals surface area contributed by atoms with Gasteiger partial charge in [-0.1, -0.05) is 43.9 Å². The number of aryl methyl sites for hydroxylation is 1. The van der Waals surface area contributed by atoms with E-state index in [1.807, 2.05) is 5.32 Å². The highest BCUT2D eigenvalue weighted by atomic mass is 31.2. The molecule has 3 aromatic carbocycles. The minimum absolute atomic E-state index is 0.00274. The van der Waals surface area contributed by atoms with E-state index >= 15 is 44.7 Å². The van der Waals surface area contributed by atoms with E-state index in [0.717, 1.165) is 52.5 Å². The number of hydrogen-bond acceptors (Lipinski definition) is 21. The summed E-state index contributed by atoms with van der Waals surface area (Å²) in [6, 6.07) is 3.72. The van der Waals surface area contributed by atoms with Gasteiger partial charge in [0.05, 0.1) is 94.7 Å². The van der Waals surface area contributed by atoms with Gasteiger partial charge in [-0.25, -0.2) is 47.4 Å². The van der Waals surface area contributed by atoms with Crippen LogP contribution in [0.5, 0.6) is 5.75 Å². The zero-order chi connectivity index (χ0) is 82.4. The van der Waals surface area contributed by atoms with Crippen molar-refractivity contribution in [3.05, 3.63) is 124 Å². The Kier molecular flexibility index (Phi) is 26.7. The molecular formula is C72H85F10N12O17P. The number of alkyl carbamates (subject to hydrolysis) is 2. The number of phosphoric ester groups is 1. The number of alkyl halides is 8. The van der Waals surface area contributed by atoms with E-state index in [1.165, 1.54) is 63.5 Å². The average molecular weight is 1610 g/mol. The molecule has 4 fully saturated rings. The maximum atomic E-state index is 16.9. The molecule has 2 unspecified atom stereocenters. The summed E-state index contributed by atoms with van der Waals surface area (Å²) < 4.78 is 202. The fourth-order valence-corrected chi connectivity index (χ4v) is 14.2. The molecule has 2 bridgehead atoms. The molecule has 0 aliphatic carbocycles. The van der Waals surface area contributed by atoms with Gasteiger partial charge in [0.2, 0.25) is 17.8 Å². The van der Waals surface area contributed by atoms with E-state index < -0.39 is 181 Å². The van der Waals surface area contributed by atoms with Gasteiger partial charge in [0, 0.05) is 91.0 Å². The Morgan fingerprint density at radius 3 is 1.85 bits per heavy atom. The number of carbonyl (C=O) groups excluding carboxylic acids is 7. The molecule has 7 atom stereocenters. The summed E-state index contributed by atoms with van der Waals surface area (Å²) in [6.07, 6.45) is -13.0. The van der Waals surface area contributed by atoms with Crippen molar-refractivity contribution in [2.24, 2.45) is 10.8 Å². The van der Waals surface area contributed by atoms with Crippen LogP contribution >= 0.6 is 7.82 Å². The molecule has 0 spiro atoms. The molecule has 6 heterocycles. The number of fused-ring (bicyclic) bond motifs is 2. The lowest BCUT2D eigenvalue weighted by Crippen LogP contribution is -2.64. The maximum Gasteiger partial charge on any atom is 0.524 e. The Balaban J connectivity index is 1.17. The minimum atomic E-state index is -5.60. The van der Waals surface area contributed by atoms with Gasteiger partial charge in [-0.15, -0.1) is 0 Å². The highest BCUT2D eigenvalue weighted by molar-refractivity contribution is 7.46. The van der Waals surface area contributed by atoms with E-state index in [4.69, 9.17) is 23.5 Å². The predicted molar refractivity (Wildman–Crippen MR) is 375 cm³/mol. The largest absolute Gasteiger partial charge is 0.524 e. The molecule has 112 heavy (non-hydrogen) atoms. The van der Waals surface area contributed by atoms with Crippen molar-refractivity contribution in [1.82, 2.24) is 56.4 Å². The molecule has 7 N–H and O–H groups in total. The molecule has 4 saturated heterocycles. The van der Waals surface area contributed by atoms with Gasteiger partial charge in [0.15, 0.2) is 5.54 Å². The molecule has 4 aliphatic heterocycles. The van der Waals surface area contributed by atoms with Gasteiger partial charge < -0.3 is 59.1 Å². The van der Waals surface area contributed by atoms with Crippen LogP contribution in [0.2, 0.25) is 0 Å². The Morgan fingerprint density at radius 1 is 0.759 bits per heavy atom. The fraction of sp³-hybridized carbons (Fsp3) is 0.528. The van der Waals surface area contributed by atoms with Gasteiger partial charge in [-0.05, 0) is 107 Å².